The molecule has 1 atom stereocenters. The molecule has 2 amide bonds. The van der Waals surface area contributed by atoms with Crippen LogP contribution < -0.4 is 10.6 Å². The Labute approximate surface area is 230 Å². The van der Waals surface area contributed by atoms with Crippen LogP contribution in [0.2, 0.25) is 0 Å². The number of carboxylic acids is 1. The molecule has 0 radical (unpaired) electrons. The summed E-state index contributed by atoms with van der Waals surface area (Å²) in [4.78, 5) is 35.0. The quantitative estimate of drug-likeness (QED) is 0.152. The average molecular weight is 541 g/mol. The summed E-state index contributed by atoms with van der Waals surface area (Å²) in [5, 5.41) is 14.1. The van der Waals surface area contributed by atoms with Gasteiger partial charge in [0.05, 0.1) is 0 Å². The van der Waals surface area contributed by atoms with Crippen molar-refractivity contribution in [1.29, 1.82) is 0 Å². The van der Waals surface area contributed by atoms with E-state index in [2.05, 4.69) is 70.4 Å². The van der Waals surface area contributed by atoms with Crippen LogP contribution in [0.1, 0.15) is 101 Å². The van der Waals surface area contributed by atoms with E-state index in [0.29, 0.717) is 5.75 Å². The molecule has 7 nitrogen and oxygen atoms in total. The van der Waals surface area contributed by atoms with Gasteiger partial charge >= 0.3 is 12.1 Å². The SMILES string of the molecule is CC(C)=CCC/C(C)=C/CC/C(C)=C/CSCC(NC(=O)CNC(=O)OC(C)(C)C)C(=O)O.CCCC. The third-order valence-corrected chi connectivity index (χ3v) is 5.85. The monoisotopic (exact) mass is 540 g/mol. The van der Waals surface area contributed by atoms with Crippen molar-refractivity contribution in [3.05, 3.63) is 34.9 Å². The fourth-order valence-corrected chi connectivity index (χ4v) is 3.61. The van der Waals surface area contributed by atoms with E-state index in [9.17, 15) is 19.5 Å². The van der Waals surface area contributed by atoms with E-state index in [0.717, 1.165) is 25.7 Å². The molecule has 214 valence electrons. The Kier molecular flexibility index (Phi) is 21.8. The molecule has 1 unspecified atom stereocenters. The molecule has 0 aromatic carbocycles. The van der Waals surface area contributed by atoms with Gasteiger partial charge in [0.2, 0.25) is 5.91 Å². The second kappa shape index (κ2) is 21.8. The molecule has 0 aliphatic carbocycles. The molecule has 0 aliphatic rings. The summed E-state index contributed by atoms with van der Waals surface area (Å²) in [6, 6.07) is -1.02. The highest BCUT2D eigenvalue weighted by Crippen LogP contribution is 2.13. The molecule has 8 heteroatoms. The summed E-state index contributed by atoms with van der Waals surface area (Å²) in [6.45, 7) is 17.6. The van der Waals surface area contributed by atoms with Gasteiger partial charge in [0.15, 0.2) is 0 Å². The summed E-state index contributed by atoms with van der Waals surface area (Å²) in [5.41, 5.74) is 3.33. The zero-order valence-corrected chi connectivity index (χ0v) is 25.5. The number of amides is 2. The van der Waals surface area contributed by atoms with E-state index in [4.69, 9.17) is 4.74 Å². The Morgan fingerprint density at radius 1 is 0.919 bits per heavy atom. The number of thioether (sulfide) groups is 1. The Balaban J connectivity index is 0. The first-order valence-corrected chi connectivity index (χ1v) is 14.4. The lowest BCUT2D eigenvalue weighted by atomic mass is 10.1. The zero-order chi connectivity index (χ0) is 28.9. The van der Waals surface area contributed by atoms with E-state index in [1.165, 1.54) is 41.3 Å². The molecule has 0 rings (SSSR count). The summed E-state index contributed by atoms with van der Waals surface area (Å²) in [6.07, 6.45) is 12.7. The smallest absolute Gasteiger partial charge is 0.408 e. The van der Waals surface area contributed by atoms with Crippen LogP contribution in [-0.4, -0.2) is 52.8 Å². The second-order valence-electron chi connectivity index (χ2n) is 10.3. The van der Waals surface area contributed by atoms with Gasteiger partial charge in [-0.1, -0.05) is 61.6 Å². The van der Waals surface area contributed by atoms with Crippen LogP contribution in [0.15, 0.2) is 34.9 Å². The second-order valence-corrected chi connectivity index (χ2v) is 11.4. The number of carbonyl (C=O) groups is 3. The van der Waals surface area contributed by atoms with Crippen molar-refractivity contribution in [2.75, 3.05) is 18.1 Å². The molecule has 0 saturated heterocycles. The van der Waals surface area contributed by atoms with Gasteiger partial charge in [-0.05, 0) is 74.1 Å². The van der Waals surface area contributed by atoms with Gasteiger partial charge < -0.3 is 20.5 Å². The maximum atomic E-state index is 12.0. The van der Waals surface area contributed by atoms with Crippen molar-refractivity contribution in [3.63, 3.8) is 0 Å². The minimum absolute atomic E-state index is 0.237. The summed E-state index contributed by atoms with van der Waals surface area (Å²) in [5.74, 6) is -0.777. The molecule has 0 aromatic rings. The molecule has 0 aromatic heterocycles. The largest absolute Gasteiger partial charge is 0.480 e. The first kappa shape index (κ1) is 36.9. The van der Waals surface area contributed by atoms with E-state index in [1.54, 1.807) is 20.8 Å². The van der Waals surface area contributed by atoms with Crippen LogP contribution in [0.25, 0.3) is 0 Å². The number of ether oxygens (including phenoxy) is 1. The van der Waals surface area contributed by atoms with Crippen LogP contribution in [-0.2, 0) is 14.3 Å². The van der Waals surface area contributed by atoms with Crippen LogP contribution in [0.5, 0.6) is 0 Å². The number of alkyl carbamates (subject to hydrolysis) is 1. The van der Waals surface area contributed by atoms with Crippen LogP contribution in [0, 0.1) is 0 Å². The normalized spacial score (nSPS) is 12.6. The van der Waals surface area contributed by atoms with Gasteiger partial charge in [0.25, 0.3) is 0 Å². The average Bonchev–Trinajstić information content (AvgIpc) is 2.78. The van der Waals surface area contributed by atoms with Gasteiger partial charge in [-0.15, -0.1) is 0 Å². The lowest BCUT2D eigenvalue weighted by molar-refractivity contribution is -0.140. The molecule has 3 N–H and O–H groups in total. The number of allylic oxidation sites excluding steroid dienone is 5. The minimum Gasteiger partial charge on any atom is -0.480 e. The Morgan fingerprint density at radius 2 is 1.46 bits per heavy atom. The first-order valence-electron chi connectivity index (χ1n) is 13.2. The molecule has 0 saturated carbocycles. The predicted molar refractivity (Wildman–Crippen MR) is 157 cm³/mol. The number of unbranched alkanes of at least 4 members (excludes halogenated alkanes) is 1. The van der Waals surface area contributed by atoms with E-state index < -0.39 is 29.6 Å². The number of carbonyl (C=O) groups excluding carboxylic acids is 2. The van der Waals surface area contributed by atoms with Gasteiger partial charge in [-0.2, -0.15) is 11.8 Å². The summed E-state index contributed by atoms with van der Waals surface area (Å²) >= 11 is 1.44. The van der Waals surface area contributed by atoms with Crippen molar-refractivity contribution in [2.45, 2.75) is 112 Å². The molecule has 0 spiro atoms. The number of nitrogens with one attached hydrogen (secondary N) is 2. The number of aliphatic carboxylic acids is 1. The summed E-state index contributed by atoms with van der Waals surface area (Å²) in [7, 11) is 0. The van der Waals surface area contributed by atoms with Crippen molar-refractivity contribution in [1.82, 2.24) is 10.6 Å². The third kappa shape index (κ3) is 26.6. The number of hydrogen-bond donors (Lipinski definition) is 3. The maximum absolute atomic E-state index is 12.0. The van der Waals surface area contributed by atoms with Gasteiger partial charge in [0.1, 0.15) is 18.2 Å². The number of rotatable bonds is 15. The van der Waals surface area contributed by atoms with E-state index >= 15 is 0 Å². The van der Waals surface area contributed by atoms with E-state index in [-0.39, 0.29) is 12.3 Å². The standard InChI is InChI=1S/C25H42N2O5S.C4H10/c1-18(2)10-8-11-19(3)12-9-13-20(4)14-15-33-17-21(23(29)30)27-22(28)16-26-24(31)32-25(5,6)7;1-3-4-2/h10,12,14,21H,8-9,11,13,15-17H2,1-7H3,(H,26,31)(H,27,28)(H,29,30);3-4H2,1-2H3/b19-12+,20-14+;. The third-order valence-electron chi connectivity index (χ3n) is 4.88. The minimum atomic E-state index is -1.11. The Morgan fingerprint density at radius 3 is 1.95 bits per heavy atom. The van der Waals surface area contributed by atoms with Gasteiger partial charge in [0, 0.05) is 11.5 Å². The molecular formula is C29H52N2O5S. The highest BCUT2D eigenvalue weighted by Gasteiger charge is 2.21. The molecule has 0 fully saturated rings. The maximum Gasteiger partial charge on any atom is 0.408 e. The highest BCUT2D eigenvalue weighted by atomic mass is 32.2. The van der Waals surface area contributed by atoms with Crippen LogP contribution in [0.3, 0.4) is 0 Å². The highest BCUT2D eigenvalue weighted by molar-refractivity contribution is 7.99. The van der Waals surface area contributed by atoms with Crippen LogP contribution >= 0.6 is 11.8 Å². The zero-order valence-electron chi connectivity index (χ0n) is 24.7. The van der Waals surface area contributed by atoms with Crippen molar-refractivity contribution < 1.29 is 24.2 Å². The predicted octanol–water partition coefficient (Wildman–Crippen LogP) is 7.04. The number of hydrogen-bond acceptors (Lipinski definition) is 5. The van der Waals surface area contributed by atoms with Crippen molar-refractivity contribution in [2.24, 2.45) is 0 Å². The first-order chi connectivity index (χ1) is 17.2. The van der Waals surface area contributed by atoms with Crippen molar-refractivity contribution in [3.8, 4) is 0 Å². The van der Waals surface area contributed by atoms with Crippen LogP contribution in [0.4, 0.5) is 4.79 Å². The fourth-order valence-electron chi connectivity index (χ4n) is 2.61. The fraction of sp³-hybridized carbons (Fsp3) is 0.690. The molecule has 0 aliphatic heterocycles. The molecular weight excluding hydrogens is 488 g/mol. The summed E-state index contributed by atoms with van der Waals surface area (Å²) < 4.78 is 5.05. The lowest BCUT2D eigenvalue weighted by Crippen LogP contribution is -2.47. The lowest BCUT2D eigenvalue weighted by Gasteiger charge is -2.20. The molecule has 0 bridgehead atoms. The van der Waals surface area contributed by atoms with Crippen molar-refractivity contribution >= 4 is 29.7 Å². The van der Waals surface area contributed by atoms with E-state index in [1.807, 2.05) is 0 Å². The number of carboxylic acid groups (broad SMARTS) is 1. The Bertz CT molecular complexity index is 761. The molecule has 0 heterocycles. The van der Waals surface area contributed by atoms with Gasteiger partial charge in [-0.25, -0.2) is 9.59 Å². The molecule has 37 heavy (non-hydrogen) atoms. The topological polar surface area (TPSA) is 105 Å². The van der Waals surface area contributed by atoms with Gasteiger partial charge in [-0.3, -0.25) is 4.79 Å². The Hall–Kier alpha value is -2.22.